The van der Waals surface area contributed by atoms with Crippen LogP contribution >= 0.6 is 0 Å². The summed E-state index contributed by atoms with van der Waals surface area (Å²) in [6.07, 6.45) is 13.9. The lowest BCUT2D eigenvalue weighted by Gasteiger charge is -2.38. The first kappa shape index (κ1) is 35.6. The van der Waals surface area contributed by atoms with Gasteiger partial charge < -0.3 is 24.8 Å². The van der Waals surface area contributed by atoms with Crippen LogP contribution in [0, 0.1) is 11.8 Å². The maximum Gasteiger partial charge on any atom is 0.335 e. The van der Waals surface area contributed by atoms with E-state index in [0.717, 1.165) is 23.5 Å². The fourth-order valence-corrected chi connectivity index (χ4v) is 6.36. The minimum atomic E-state index is -0.632. The van der Waals surface area contributed by atoms with Gasteiger partial charge in [-0.15, -0.1) is 0 Å². The van der Waals surface area contributed by atoms with Crippen LogP contribution in [-0.4, -0.2) is 66.7 Å². The number of carbonyl (C=O) groups excluding carboxylic acids is 2. The second-order valence-corrected chi connectivity index (χ2v) is 12.5. The molecule has 0 bridgehead atoms. The molecule has 1 aliphatic heterocycles. The Morgan fingerprint density at radius 1 is 0.977 bits per heavy atom. The van der Waals surface area contributed by atoms with Crippen LogP contribution in [0.25, 0.3) is 10.8 Å². The lowest BCUT2D eigenvalue weighted by Crippen LogP contribution is -2.34. The van der Waals surface area contributed by atoms with E-state index in [-0.39, 0.29) is 36.9 Å². The average molecular weight is 609 g/mol. The summed E-state index contributed by atoms with van der Waals surface area (Å²) in [6.45, 7) is 9.15. The van der Waals surface area contributed by atoms with Crippen LogP contribution < -0.4 is 0 Å². The summed E-state index contributed by atoms with van der Waals surface area (Å²) in [5, 5.41) is 29.2. The molecule has 7 heteroatoms. The van der Waals surface area contributed by atoms with E-state index < -0.39 is 12.6 Å². The third-order valence-electron chi connectivity index (χ3n) is 9.24. The third kappa shape index (κ3) is 10.7. The van der Waals surface area contributed by atoms with E-state index in [1.807, 2.05) is 6.07 Å². The predicted molar refractivity (Wildman–Crippen MR) is 175 cm³/mol. The van der Waals surface area contributed by atoms with Crippen LogP contribution in [0.1, 0.15) is 94.1 Å². The number of benzene rings is 2. The Morgan fingerprint density at radius 2 is 1.70 bits per heavy atom. The first-order chi connectivity index (χ1) is 21.3. The zero-order chi connectivity index (χ0) is 31.9. The molecule has 3 atom stereocenters. The summed E-state index contributed by atoms with van der Waals surface area (Å²) < 4.78 is 11.6. The number of esters is 1. The van der Waals surface area contributed by atoms with Crippen LogP contribution in [0.3, 0.4) is 0 Å². The first-order valence-electron chi connectivity index (χ1n) is 16.3. The molecule has 0 amide bonds. The summed E-state index contributed by atoms with van der Waals surface area (Å²) in [5.74, 6) is 1.14. The number of hydrogen-bond donors (Lipinski definition) is 3. The zero-order valence-electron chi connectivity index (χ0n) is 26.4. The molecule has 3 N–H and O–H groups in total. The van der Waals surface area contributed by atoms with Gasteiger partial charge in [-0.1, -0.05) is 75.7 Å². The van der Waals surface area contributed by atoms with Gasteiger partial charge in [-0.05, 0) is 84.6 Å². The van der Waals surface area contributed by atoms with Gasteiger partial charge in [-0.2, -0.15) is 0 Å². The minimum Gasteiger partial charge on any atom is -0.462 e. The molecule has 0 aromatic heterocycles. The van der Waals surface area contributed by atoms with Crippen molar-refractivity contribution >= 4 is 23.0 Å². The normalized spacial score (nSPS) is 22.4. The molecule has 1 saturated carbocycles. The zero-order valence-corrected chi connectivity index (χ0v) is 26.4. The van der Waals surface area contributed by atoms with Gasteiger partial charge in [0.15, 0.2) is 0 Å². The van der Waals surface area contributed by atoms with E-state index in [9.17, 15) is 14.7 Å². The molecule has 2 fully saturated rings. The van der Waals surface area contributed by atoms with Crippen molar-refractivity contribution in [3.63, 3.8) is 0 Å². The van der Waals surface area contributed by atoms with Crippen LogP contribution in [-0.2, 0) is 19.1 Å². The number of hydrogen-bond acceptors (Lipinski definition) is 7. The Bertz CT molecular complexity index is 1210. The standard InChI is InChI=1S/C33H46O5.C4H6O2/c1-3-4-5-6-24-7-16-32(37-21-24)26-10-8-25(9-11-26)27-12-13-29-18-30(15-14-28(29)17-27)31(20-35)22-38-33(36)23(2)19-34;1-4(2-5)3-6/h12-15,17-18,24-26,31-32,34-35H,2-11,16,19-22H2,1H3;2,6H,1,3H2. The number of aliphatic hydroxyl groups excluding tert-OH is 3. The Morgan fingerprint density at radius 3 is 2.30 bits per heavy atom. The minimum absolute atomic E-state index is 0.0134. The lowest BCUT2D eigenvalue weighted by molar-refractivity contribution is -0.140. The van der Waals surface area contributed by atoms with Gasteiger partial charge in [0.05, 0.1) is 31.5 Å². The average Bonchev–Trinajstić information content (AvgIpc) is 3.08. The maximum atomic E-state index is 11.8. The molecule has 2 aromatic rings. The van der Waals surface area contributed by atoms with Crippen molar-refractivity contribution in [1.82, 2.24) is 0 Å². The molecular weight excluding hydrogens is 556 g/mol. The van der Waals surface area contributed by atoms with E-state index in [0.29, 0.717) is 24.2 Å². The largest absolute Gasteiger partial charge is 0.462 e. The van der Waals surface area contributed by atoms with Crippen molar-refractivity contribution in [2.24, 2.45) is 11.8 Å². The van der Waals surface area contributed by atoms with E-state index >= 15 is 0 Å². The Labute approximate surface area is 263 Å². The predicted octanol–water partition coefficient (Wildman–Crippen LogP) is 6.39. The van der Waals surface area contributed by atoms with Crippen LogP contribution in [0.4, 0.5) is 0 Å². The summed E-state index contributed by atoms with van der Waals surface area (Å²) in [7, 11) is 0. The molecule has 1 aliphatic carbocycles. The molecule has 3 unspecified atom stereocenters. The fourth-order valence-electron chi connectivity index (χ4n) is 6.36. The van der Waals surface area contributed by atoms with Gasteiger partial charge in [0.1, 0.15) is 12.9 Å². The highest BCUT2D eigenvalue weighted by atomic mass is 16.5. The molecular formula is C37H52O7. The quantitative estimate of drug-likeness (QED) is 0.0986. The van der Waals surface area contributed by atoms with Gasteiger partial charge in [-0.3, -0.25) is 4.79 Å². The summed E-state index contributed by atoms with van der Waals surface area (Å²) in [5.41, 5.74) is 2.57. The number of aliphatic hydroxyl groups is 3. The molecule has 242 valence electrons. The SMILES string of the molecule is C=C(C=O)CO.C=C(CO)C(=O)OCC(CO)c1ccc2cc(C3CCC(C4CCC(CCCCC)CO4)CC3)ccc2c1. The highest BCUT2D eigenvalue weighted by Crippen LogP contribution is 2.41. The van der Waals surface area contributed by atoms with Crippen molar-refractivity contribution in [1.29, 1.82) is 0 Å². The Balaban J connectivity index is 0.000000801. The summed E-state index contributed by atoms with van der Waals surface area (Å²) in [4.78, 5) is 21.3. The fraction of sp³-hybridized carbons (Fsp3) is 0.568. The van der Waals surface area contributed by atoms with E-state index in [1.165, 1.54) is 75.2 Å². The van der Waals surface area contributed by atoms with E-state index in [4.69, 9.17) is 19.7 Å². The van der Waals surface area contributed by atoms with Crippen molar-refractivity contribution in [3.05, 3.63) is 71.8 Å². The van der Waals surface area contributed by atoms with Gasteiger partial charge in [-0.25, -0.2) is 4.79 Å². The Kier molecular flexibility index (Phi) is 15.3. The van der Waals surface area contributed by atoms with Crippen molar-refractivity contribution < 1.29 is 34.4 Å². The first-order valence-corrected chi connectivity index (χ1v) is 16.3. The number of unbranched alkanes of at least 4 members (excludes halogenated alkanes) is 2. The van der Waals surface area contributed by atoms with Crippen molar-refractivity contribution in [2.45, 2.75) is 89.1 Å². The number of rotatable bonds is 14. The van der Waals surface area contributed by atoms with Crippen LogP contribution in [0.5, 0.6) is 0 Å². The second kappa shape index (κ2) is 18.8. The molecule has 44 heavy (non-hydrogen) atoms. The summed E-state index contributed by atoms with van der Waals surface area (Å²) >= 11 is 0. The van der Waals surface area contributed by atoms with Crippen LogP contribution in [0.15, 0.2) is 60.7 Å². The van der Waals surface area contributed by atoms with Crippen LogP contribution in [0.2, 0.25) is 0 Å². The number of aldehydes is 1. The van der Waals surface area contributed by atoms with Gasteiger partial charge in [0.2, 0.25) is 0 Å². The molecule has 2 aromatic carbocycles. The van der Waals surface area contributed by atoms with Gasteiger partial charge in [0, 0.05) is 18.1 Å². The lowest BCUT2D eigenvalue weighted by atomic mass is 9.74. The molecule has 1 heterocycles. The highest BCUT2D eigenvalue weighted by Gasteiger charge is 2.32. The smallest absolute Gasteiger partial charge is 0.335 e. The maximum absolute atomic E-state index is 11.8. The molecule has 1 saturated heterocycles. The number of carbonyl (C=O) groups is 2. The van der Waals surface area contributed by atoms with Crippen molar-refractivity contribution in [2.75, 3.05) is 33.0 Å². The topological polar surface area (TPSA) is 113 Å². The molecule has 0 spiro atoms. The van der Waals surface area contributed by atoms with Gasteiger partial charge in [0.25, 0.3) is 0 Å². The van der Waals surface area contributed by atoms with E-state index in [2.05, 4.69) is 50.4 Å². The summed E-state index contributed by atoms with van der Waals surface area (Å²) in [6, 6.07) is 12.9. The Hall–Kier alpha value is -2.84. The molecule has 0 radical (unpaired) electrons. The number of fused-ring (bicyclic) bond motifs is 1. The number of ether oxygens (including phenoxy) is 2. The molecule has 2 aliphatic rings. The van der Waals surface area contributed by atoms with Crippen molar-refractivity contribution in [3.8, 4) is 0 Å². The molecule has 7 nitrogen and oxygen atoms in total. The monoisotopic (exact) mass is 608 g/mol. The van der Waals surface area contributed by atoms with E-state index in [1.54, 1.807) is 0 Å². The highest BCUT2D eigenvalue weighted by molar-refractivity contribution is 5.88. The molecule has 4 rings (SSSR count). The third-order valence-corrected chi connectivity index (χ3v) is 9.24. The second-order valence-electron chi connectivity index (χ2n) is 12.5. The van der Waals surface area contributed by atoms with Gasteiger partial charge >= 0.3 is 5.97 Å².